The summed E-state index contributed by atoms with van der Waals surface area (Å²) >= 11 is 0. The molecule has 1 fully saturated rings. The summed E-state index contributed by atoms with van der Waals surface area (Å²) in [6.45, 7) is 5.77. The number of carbonyl (C=O) groups is 1. The second-order valence-electron chi connectivity index (χ2n) is 3.28. The van der Waals surface area contributed by atoms with Crippen molar-refractivity contribution in [2.45, 2.75) is 26.2 Å². The molecule has 0 unspecified atom stereocenters. The summed E-state index contributed by atoms with van der Waals surface area (Å²) in [5.74, 6) is 0.616. The molecule has 0 aromatic rings. The van der Waals surface area contributed by atoms with Crippen LogP contribution in [-0.2, 0) is 4.79 Å². The van der Waals surface area contributed by atoms with Crippen LogP contribution in [0.2, 0.25) is 0 Å². The van der Waals surface area contributed by atoms with Crippen LogP contribution in [0, 0.1) is 11.3 Å². The van der Waals surface area contributed by atoms with E-state index in [4.69, 9.17) is 0 Å². The van der Waals surface area contributed by atoms with E-state index in [1.165, 1.54) is 0 Å². The zero-order chi connectivity index (χ0) is 7.61. The summed E-state index contributed by atoms with van der Waals surface area (Å²) in [5, 5.41) is 0. The minimum absolute atomic E-state index is 0.0498. The summed E-state index contributed by atoms with van der Waals surface area (Å²) < 4.78 is 0. The van der Waals surface area contributed by atoms with Gasteiger partial charge in [-0.1, -0.05) is 13.0 Å². The number of hydrogen-bond donors (Lipinski definition) is 0. The van der Waals surface area contributed by atoms with Gasteiger partial charge in [0, 0.05) is 5.41 Å². The van der Waals surface area contributed by atoms with Crippen LogP contribution in [0.25, 0.3) is 0 Å². The van der Waals surface area contributed by atoms with Crippen LogP contribution in [0.1, 0.15) is 26.2 Å². The highest BCUT2D eigenvalue weighted by Gasteiger charge is 2.49. The molecule has 1 heteroatoms. The van der Waals surface area contributed by atoms with E-state index in [1.54, 1.807) is 0 Å². The van der Waals surface area contributed by atoms with E-state index in [1.807, 2.05) is 6.08 Å². The van der Waals surface area contributed by atoms with Crippen LogP contribution in [0.15, 0.2) is 12.7 Å². The summed E-state index contributed by atoms with van der Waals surface area (Å²) in [4.78, 5) is 10.6. The molecule has 0 bridgehead atoms. The van der Waals surface area contributed by atoms with Crippen molar-refractivity contribution in [3.05, 3.63) is 12.7 Å². The Morgan fingerprint density at radius 1 is 1.80 bits per heavy atom. The Morgan fingerprint density at radius 3 is 2.70 bits per heavy atom. The summed E-state index contributed by atoms with van der Waals surface area (Å²) in [6.07, 6.45) is 6.08. The SMILES string of the molecule is C=CCC[C@]1(C=O)C[C@@H]1C. The average molecular weight is 138 g/mol. The van der Waals surface area contributed by atoms with Crippen molar-refractivity contribution in [2.24, 2.45) is 11.3 Å². The van der Waals surface area contributed by atoms with Crippen LogP contribution >= 0.6 is 0 Å². The van der Waals surface area contributed by atoms with Gasteiger partial charge in [-0.2, -0.15) is 0 Å². The van der Waals surface area contributed by atoms with E-state index < -0.39 is 0 Å². The second kappa shape index (κ2) is 2.57. The monoisotopic (exact) mass is 138 g/mol. The molecule has 1 rings (SSSR count). The molecule has 2 atom stereocenters. The van der Waals surface area contributed by atoms with Gasteiger partial charge in [-0.25, -0.2) is 0 Å². The minimum atomic E-state index is 0.0498. The first kappa shape index (κ1) is 7.52. The lowest BCUT2D eigenvalue weighted by Crippen LogP contribution is -2.03. The van der Waals surface area contributed by atoms with Crippen LogP contribution in [0.3, 0.4) is 0 Å². The maximum atomic E-state index is 10.6. The van der Waals surface area contributed by atoms with Crippen LogP contribution in [0.5, 0.6) is 0 Å². The molecular formula is C9H14O. The molecule has 0 aromatic carbocycles. The van der Waals surface area contributed by atoms with E-state index in [0.29, 0.717) is 5.92 Å². The normalized spacial score (nSPS) is 37.1. The lowest BCUT2D eigenvalue weighted by molar-refractivity contribution is -0.112. The molecule has 0 amide bonds. The van der Waals surface area contributed by atoms with Crippen molar-refractivity contribution in [1.82, 2.24) is 0 Å². The molecule has 56 valence electrons. The third-order valence-electron chi connectivity index (χ3n) is 2.56. The van der Waals surface area contributed by atoms with Crippen LogP contribution < -0.4 is 0 Å². The highest BCUT2D eigenvalue weighted by Crippen LogP contribution is 2.53. The highest BCUT2D eigenvalue weighted by molar-refractivity contribution is 5.64. The Balaban J connectivity index is 2.36. The van der Waals surface area contributed by atoms with Crippen molar-refractivity contribution >= 4 is 6.29 Å². The molecular weight excluding hydrogens is 124 g/mol. The van der Waals surface area contributed by atoms with E-state index >= 15 is 0 Å². The lowest BCUT2D eigenvalue weighted by atomic mass is 10.00. The quantitative estimate of drug-likeness (QED) is 0.430. The van der Waals surface area contributed by atoms with E-state index in [-0.39, 0.29) is 5.41 Å². The van der Waals surface area contributed by atoms with Crippen molar-refractivity contribution < 1.29 is 4.79 Å². The van der Waals surface area contributed by atoms with Gasteiger partial charge in [0.05, 0.1) is 0 Å². The van der Waals surface area contributed by atoms with Gasteiger partial charge in [0.15, 0.2) is 0 Å². The zero-order valence-corrected chi connectivity index (χ0v) is 6.47. The van der Waals surface area contributed by atoms with Crippen LogP contribution in [0.4, 0.5) is 0 Å². The Hall–Kier alpha value is -0.590. The van der Waals surface area contributed by atoms with Crippen molar-refractivity contribution in [2.75, 3.05) is 0 Å². The molecule has 0 aliphatic heterocycles. The molecule has 0 saturated heterocycles. The number of aldehydes is 1. The molecule has 0 heterocycles. The number of carbonyl (C=O) groups excluding carboxylic acids is 1. The van der Waals surface area contributed by atoms with E-state index in [2.05, 4.69) is 13.5 Å². The third kappa shape index (κ3) is 1.13. The summed E-state index contributed by atoms with van der Waals surface area (Å²) in [5.41, 5.74) is 0.0498. The average Bonchev–Trinajstić information content (AvgIpc) is 2.59. The molecule has 1 aliphatic carbocycles. The van der Waals surface area contributed by atoms with Gasteiger partial charge in [0.2, 0.25) is 0 Å². The standard InChI is InChI=1S/C9H14O/c1-3-4-5-9(7-10)6-8(9)2/h3,7-8H,1,4-6H2,2H3/t8-,9+/m0/s1. The van der Waals surface area contributed by atoms with Gasteiger partial charge in [0.1, 0.15) is 6.29 Å². The first-order chi connectivity index (χ1) is 4.75. The molecule has 1 aliphatic rings. The number of hydrogen-bond acceptors (Lipinski definition) is 1. The molecule has 1 saturated carbocycles. The molecule has 0 N–H and O–H groups in total. The zero-order valence-electron chi connectivity index (χ0n) is 6.47. The largest absolute Gasteiger partial charge is 0.303 e. The summed E-state index contributed by atoms with van der Waals surface area (Å²) in [7, 11) is 0. The molecule has 10 heavy (non-hydrogen) atoms. The molecule has 0 radical (unpaired) electrons. The number of allylic oxidation sites excluding steroid dienone is 1. The summed E-state index contributed by atoms with van der Waals surface area (Å²) in [6, 6.07) is 0. The fourth-order valence-electron chi connectivity index (χ4n) is 1.45. The first-order valence-electron chi connectivity index (χ1n) is 3.82. The Kier molecular flexibility index (Phi) is 1.93. The maximum absolute atomic E-state index is 10.6. The van der Waals surface area contributed by atoms with Gasteiger partial charge in [-0.05, 0) is 25.2 Å². The second-order valence-corrected chi connectivity index (χ2v) is 3.28. The molecule has 0 spiro atoms. The van der Waals surface area contributed by atoms with Gasteiger partial charge in [-0.15, -0.1) is 6.58 Å². The van der Waals surface area contributed by atoms with Gasteiger partial charge < -0.3 is 4.79 Å². The topological polar surface area (TPSA) is 17.1 Å². The van der Waals surface area contributed by atoms with Crippen molar-refractivity contribution in [3.8, 4) is 0 Å². The highest BCUT2D eigenvalue weighted by atomic mass is 16.1. The van der Waals surface area contributed by atoms with Crippen LogP contribution in [-0.4, -0.2) is 6.29 Å². The van der Waals surface area contributed by atoms with Gasteiger partial charge in [-0.3, -0.25) is 0 Å². The predicted octanol–water partition coefficient (Wildman–Crippen LogP) is 2.18. The number of rotatable bonds is 4. The fourth-order valence-corrected chi connectivity index (χ4v) is 1.45. The smallest absolute Gasteiger partial charge is 0.126 e. The third-order valence-corrected chi connectivity index (χ3v) is 2.56. The first-order valence-corrected chi connectivity index (χ1v) is 3.82. The fraction of sp³-hybridized carbons (Fsp3) is 0.667. The Labute approximate surface area is 62.1 Å². The van der Waals surface area contributed by atoms with Crippen molar-refractivity contribution in [1.29, 1.82) is 0 Å². The van der Waals surface area contributed by atoms with Gasteiger partial charge >= 0.3 is 0 Å². The lowest BCUT2D eigenvalue weighted by Gasteiger charge is -2.03. The maximum Gasteiger partial charge on any atom is 0.126 e. The van der Waals surface area contributed by atoms with E-state index in [9.17, 15) is 4.79 Å². The van der Waals surface area contributed by atoms with E-state index in [0.717, 1.165) is 25.5 Å². The Bertz CT molecular complexity index is 151. The molecule has 1 nitrogen and oxygen atoms in total. The molecule has 0 aromatic heterocycles. The Morgan fingerprint density at radius 2 is 2.40 bits per heavy atom. The predicted molar refractivity (Wildman–Crippen MR) is 41.7 cm³/mol. The van der Waals surface area contributed by atoms with Gasteiger partial charge in [0.25, 0.3) is 0 Å². The minimum Gasteiger partial charge on any atom is -0.303 e. The van der Waals surface area contributed by atoms with Crippen molar-refractivity contribution in [3.63, 3.8) is 0 Å².